The lowest BCUT2D eigenvalue weighted by Crippen LogP contribution is -2.26. The molecule has 0 fully saturated rings. The Hall–Kier alpha value is -3.10. The molecule has 1 aromatic carbocycles. The van der Waals surface area contributed by atoms with Gasteiger partial charge in [-0.05, 0) is 44.0 Å². The number of benzene rings is 1. The molecule has 0 aliphatic rings. The minimum Gasteiger partial charge on any atom is -0.350 e. The van der Waals surface area contributed by atoms with Gasteiger partial charge in [0.05, 0.1) is 17.0 Å². The van der Waals surface area contributed by atoms with Gasteiger partial charge in [0.25, 0.3) is 5.91 Å². The molecular formula is C19H20F3N5O. The zero-order valence-electron chi connectivity index (χ0n) is 15.7. The molecule has 0 aliphatic heterocycles. The van der Waals surface area contributed by atoms with Crippen molar-refractivity contribution in [2.75, 3.05) is 6.54 Å². The fraction of sp³-hybridized carbons (Fsp3) is 0.316. The SMILES string of the molecule is Cc1nn(C)c(C)c1-c1cc(C(=O)NCCc2ccc(C(F)(F)F)cc2)[nH]n1. The molecule has 0 saturated heterocycles. The number of rotatable bonds is 5. The van der Waals surface area contributed by atoms with Gasteiger partial charge in [0.1, 0.15) is 5.69 Å². The van der Waals surface area contributed by atoms with Gasteiger partial charge in [-0.15, -0.1) is 0 Å². The quantitative estimate of drug-likeness (QED) is 0.700. The summed E-state index contributed by atoms with van der Waals surface area (Å²) < 4.78 is 39.5. The lowest BCUT2D eigenvalue weighted by molar-refractivity contribution is -0.137. The number of aryl methyl sites for hydroxylation is 2. The van der Waals surface area contributed by atoms with Crippen molar-refractivity contribution in [2.24, 2.45) is 7.05 Å². The Bertz CT molecular complexity index is 986. The van der Waals surface area contributed by atoms with Gasteiger partial charge in [-0.1, -0.05) is 12.1 Å². The molecule has 0 unspecified atom stereocenters. The lowest BCUT2D eigenvalue weighted by Gasteiger charge is -2.08. The van der Waals surface area contributed by atoms with Crippen molar-refractivity contribution in [3.05, 3.63) is 58.5 Å². The van der Waals surface area contributed by atoms with Crippen molar-refractivity contribution in [2.45, 2.75) is 26.4 Å². The van der Waals surface area contributed by atoms with Crippen molar-refractivity contribution in [3.63, 3.8) is 0 Å². The van der Waals surface area contributed by atoms with E-state index in [2.05, 4.69) is 20.6 Å². The number of nitrogens with zero attached hydrogens (tertiary/aromatic N) is 3. The number of nitrogens with one attached hydrogen (secondary N) is 2. The average molecular weight is 391 g/mol. The van der Waals surface area contributed by atoms with E-state index in [1.165, 1.54) is 12.1 Å². The summed E-state index contributed by atoms with van der Waals surface area (Å²) in [6.07, 6.45) is -3.93. The summed E-state index contributed by atoms with van der Waals surface area (Å²) in [6.45, 7) is 4.10. The van der Waals surface area contributed by atoms with E-state index < -0.39 is 11.7 Å². The largest absolute Gasteiger partial charge is 0.416 e. The Morgan fingerprint density at radius 2 is 1.89 bits per heavy atom. The first kappa shape index (κ1) is 19.7. The Morgan fingerprint density at radius 1 is 1.21 bits per heavy atom. The fourth-order valence-corrected chi connectivity index (χ4v) is 2.99. The normalized spacial score (nSPS) is 11.6. The molecule has 3 rings (SSSR count). The number of H-pyrrole nitrogens is 1. The van der Waals surface area contributed by atoms with Gasteiger partial charge in [-0.25, -0.2) is 0 Å². The first-order valence-electron chi connectivity index (χ1n) is 8.67. The minimum absolute atomic E-state index is 0.295. The van der Waals surface area contributed by atoms with Crippen LogP contribution < -0.4 is 5.32 Å². The number of aromatic amines is 1. The van der Waals surface area contributed by atoms with Crippen LogP contribution in [-0.2, 0) is 19.6 Å². The number of amides is 1. The number of halogens is 3. The molecule has 1 amide bonds. The van der Waals surface area contributed by atoms with Crippen LogP contribution in [-0.4, -0.2) is 32.4 Å². The molecule has 0 saturated carbocycles. The van der Waals surface area contributed by atoms with Crippen molar-refractivity contribution in [1.82, 2.24) is 25.3 Å². The van der Waals surface area contributed by atoms with Crippen LogP contribution in [0.5, 0.6) is 0 Å². The summed E-state index contributed by atoms with van der Waals surface area (Å²) >= 11 is 0. The number of carbonyl (C=O) groups excluding carboxylic acids is 1. The second-order valence-electron chi connectivity index (χ2n) is 6.54. The van der Waals surface area contributed by atoms with Gasteiger partial charge in [0, 0.05) is 24.8 Å². The van der Waals surface area contributed by atoms with Crippen LogP contribution in [0.3, 0.4) is 0 Å². The third kappa shape index (κ3) is 4.08. The second-order valence-corrected chi connectivity index (χ2v) is 6.54. The van der Waals surface area contributed by atoms with Crippen LogP contribution in [0.25, 0.3) is 11.3 Å². The van der Waals surface area contributed by atoms with Gasteiger partial charge in [0.15, 0.2) is 0 Å². The summed E-state index contributed by atoms with van der Waals surface area (Å²) in [5, 5.41) is 14.0. The Balaban J connectivity index is 1.59. The number of alkyl halides is 3. The van der Waals surface area contributed by atoms with E-state index in [1.807, 2.05) is 20.9 Å². The van der Waals surface area contributed by atoms with Crippen LogP contribution in [0, 0.1) is 13.8 Å². The number of hydrogen-bond donors (Lipinski definition) is 2. The van der Waals surface area contributed by atoms with E-state index >= 15 is 0 Å². The highest BCUT2D eigenvalue weighted by atomic mass is 19.4. The minimum atomic E-state index is -4.35. The van der Waals surface area contributed by atoms with Gasteiger partial charge in [0.2, 0.25) is 0 Å². The zero-order valence-corrected chi connectivity index (χ0v) is 15.7. The first-order chi connectivity index (χ1) is 13.2. The number of hydrogen-bond acceptors (Lipinski definition) is 3. The van der Waals surface area contributed by atoms with Crippen LogP contribution in [0.15, 0.2) is 30.3 Å². The molecule has 2 aromatic heterocycles. The molecule has 28 heavy (non-hydrogen) atoms. The van der Waals surface area contributed by atoms with E-state index in [9.17, 15) is 18.0 Å². The van der Waals surface area contributed by atoms with Gasteiger partial charge >= 0.3 is 6.18 Å². The van der Waals surface area contributed by atoms with Crippen LogP contribution in [0.4, 0.5) is 13.2 Å². The Labute approximate surface area is 159 Å². The van der Waals surface area contributed by atoms with E-state index in [1.54, 1.807) is 10.7 Å². The third-order valence-electron chi connectivity index (χ3n) is 4.57. The maximum Gasteiger partial charge on any atom is 0.416 e. The second kappa shape index (κ2) is 7.49. The Morgan fingerprint density at radius 3 is 2.46 bits per heavy atom. The molecule has 2 N–H and O–H groups in total. The predicted molar refractivity (Wildman–Crippen MR) is 97.7 cm³/mol. The van der Waals surface area contributed by atoms with Crippen molar-refractivity contribution in [3.8, 4) is 11.3 Å². The zero-order chi connectivity index (χ0) is 20.5. The molecule has 0 atom stereocenters. The number of aromatic nitrogens is 4. The van der Waals surface area contributed by atoms with Crippen LogP contribution in [0.1, 0.15) is 33.0 Å². The standard InChI is InChI=1S/C19H20F3N5O/c1-11-17(12(2)27(3)26-11)15-10-16(25-24-15)18(28)23-9-8-13-4-6-14(7-5-13)19(20,21)22/h4-7,10H,8-9H2,1-3H3,(H,23,28)(H,24,25). The molecule has 3 aromatic rings. The summed E-state index contributed by atoms with van der Waals surface area (Å²) in [7, 11) is 1.84. The highest BCUT2D eigenvalue weighted by molar-refractivity contribution is 5.93. The molecule has 9 heteroatoms. The maximum absolute atomic E-state index is 12.6. The van der Waals surface area contributed by atoms with Gasteiger partial charge in [-0.2, -0.15) is 23.4 Å². The van der Waals surface area contributed by atoms with E-state index in [0.29, 0.717) is 29.9 Å². The van der Waals surface area contributed by atoms with E-state index in [0.717, 1.165) is 29.1 Å². The third-order valence-corrected chi connectivity index (χ3v) is 4.57. The smallest absolute Gasteiger partial charge is 0.350 e. The van der Waals surface area contributed by atoms with E-state index in [4.69, 9.17) is 0 Å². The predicted octanol–water partition coefficient (Wildman–Crippen LogP) is 3.42. The Kier molecular flexibility index (Phi) is 5.26. The molecule has 0 aliphatic carbocycles. The average Bonchev–Trinajstić information content (AvgIpc) is 3.19. The monoisotopic (exact) mass is 391 g/mol. The van der Waals surface area contributed by atoms with Crippen LogP contribution >= 0.6 is 0 Å². The molecular weight excluding hydrogens is 371 g/mol. The van der Waals surface area contributed by atoms with Crippen LogP contribution in [0.2, 0.25) is 0 Å². The van der Waals surface area contributed by atoms with E-state index in [-0.39, 0.29) is 5.91 Å². The van der Waals surface area contributed by atoms with Gasteiger partial charge < -0.3 is 5.32 Å². The topological polar surface area (TPSA) is 75.6 Å². The highest BCUT2D eigenvalue weighted by Crippen LogP contribution is 2.29. The maximum atomic E-state index is 12.6. The molecule has 0 bridgehead atoms. The molecule has 6 nitrogen and oxygen atoms in total. The molecule has 148 valence electrons. The van der Waals surface area contributed by atoms with Crippen molar-refractivity contribution >= 4 is 5.91 Å². The summed E-state index contributed by atoms with van der Waals surface area (Å²) in [6, 6.07) is 6.56. The fourth-order valence-electron chi connectivity index (χ4n) is 2.99. The molecule has 0 radical (unpaired) electrons. The first-order valence-corrected chi connectivity index (χ1v) is 8.67. The van der Waals surface area contributed by atoms with Crippen molar-refractivity contribution in [1.29, 1.82) is 0 Å². The van der Waals surface area contributed by atoms with Gasteiger partial charge in [-0.3, -0.25) is 14.6 Å². The molecule has 0 spiro atoms. The summed E-state index contributed by atoms with van der Waals surface area (Å²) in [5.74, 6) is -0.329. The van der Waals surface area contributed by atoms with Crippen molar-refractivity contribution < 1.29 is 18.0 Å². The summed E-state index contributed by atoms with van der Waals surface area (Å²) in [4.78, 5) is 12.3. The number of carbonyl (C=O) groups is 1. The summed E-state index contributed by atoms with van der Waals surface area (Å²) in [5.41, 5.74) is 3.61. The molecule has 2 heterocycles. The highest BCUT2D eigenvalue weighted by Gasteiger charge is 2.29. The lowest BCUT2D eigenvalue weighted by atomic mass is 10.1.